The van der Waals surface area contributed by atoms with Crippen molar-refractivity contribution < 1.29 is 14.3 Å². The van der Waals surface area contributed by atoms with Crippen molar-refractivity contribution in [2.75, 3.05) is 24.8 Å². The van der Waals surface area contributed by atoms with Gasteiger partial charge >= 0.3 is 0 Å². The van der Waals surface area contributed by atoms with Gasteiger partial charge in [0.15, 0.2) is 11.5 Å². The lowest BCUT2D eigenvalue weighted by atomic mass is 10.0. The van der Waals surface area contributed by atoms with Crippen LogP contribution >= 0.6 is 11.8 Å². The Labute approximate surface area is 180 Å². The highest BCUT2D eigenvalue weighted by molar-refractivity contribution is 8.00. The summed E-state index contributed by atoms with van der Waals surface area (Å²) < 4.78 is 13.0. The maximum absolute atomic E-state index is 12.5. The van der Waals surface area contributed by atoms with Gasteiger partial charge in [0, 0.05) is 5.56 Å². The number of rotatable bonds is 5. The van der Waals surface area contributed by atoms with E-state index < -0.39 is 0 Å². The molecule has 4 rings (SSSR count). The number of carbonyl (C=O) groups excluding carboxylic acids is 1. The predicted octanol–water partition coefficient (Wildman–Crippen LogP) is 4.67. The summed E-state index contributed by atoms with van der Waals surface area (Å²) in [7, 11) is 1.64. The second-order valence-corrected chi connectivity index (χ2v) is 8.27. The Bertz CT molecular complexity index is 1080. The molecule has 0 aliphatic carbocycles. The summed E-state index contributed by atoms with van der Waals surface area (Å²) in [6, 6.07) is 14.1. The number of nitrogens with one attached hydrogen (secondary N) is 1. The molecule has 0 spiro atoms. The van der Waals surface area contributed by atoms with E-state index in [0.29, 0.717) is 23.9 Å². The zero-order valence-electron chi connectivity index (χ0n) is 17.6. The molecule has 3 aromatic rings. The molecule has 0 radical (unpaired) electrons. The first-order valence-corrected chi connectivity index (χ1v) is 11.0. The van der Waals surface area contributed by atoms with Gasteiger partial charge in [-0.15, -0.1) is 11.8 Å². The number of amides is 1. The van der Waals surface area contributed by atoms with Crippen molar-refractivity contribution in [2.24, 2.45) is 0 Å². The number of benzene rings is 2. The molecule has 7 heteroatoms. The van der Waals surface area contributed by atoms with Crippen LogP contribution in [0.2, 0.25) is 0 Å². The minimum absolute atomic E-state index is 0.0325. The standard InChI is InChI=1S/C23H25N3O3S/c1-5-29-18-11-8-16(12-19(18)28-4)22-21-15(3)25-26(17-9-6-14(2)7-10-17)23(21)24-20(27)13-30-22/h6-12,22H,5,13H2,1-4H3,(H,24,27)/t22-/m1/s1. The average Bonchev–Trinajstić information content (AvgIpc) is 2.94. The third kappa shape index (κ3) is 3.77. The van der Waals surface area contributed by atoms with Gasteiger partial charge in [0.2, 0.25) is 5.91 Å². The van der Waals surface area contributed by atoms with Crippen LogP contribution in [-0.2, 0) is 4.79 Å². The number of hydrogen-bond acceptors (Lipinski definition) is 5. The number of ether oxygens (including phenoxy) is 2. The lowest BCUT2D eigenvalue weighted by Gasteiger charge is -2.18. The first kappa shape index (κ1) is 20.3. The highest BCUT2D eigenvalue weighted by atomic mass is 32.2. The molecule has 1 aromatic heterocycles. The summed E-state index contributed by atoms with van der Waals surface area (Å²) in [4.78, 5) is 12.5. The zero-order valence-corrected chi connectivity index (χ0v) is 18.4. The number of carbonyl (C=O) groups is 1. The smallest absolute Gasteiger partial charge is 0.235 e. The van der Waals surface area contributed by atoms with Crippen LogP contribution in [0.4, 0.5) is 5.82 Å². The number of methoxy groups -OCH3 is 1. The monoisotopic (exact) mass is 423 g/mol. The second kappa shape index (κ2) is 8.44. The first-order valence-electron chi connectivity index (χ1n) is 9.90. The molecule has 1 amide bonds. The van der Waals surface area contributed by atoms with Crippen LogP contribution in [0, 0.1) is 13.8 Å². The van der Waals surface area contributed by atoms with Gasteiger partial charge in [0.05, 0.1) is 36.1 Å². The van der Waals surface area contributed by atoms with Gasteiger partial charge in [-0.25, -0.2) is 4.68 Å². The van der Waals surface area contributed by atoms with E-state index in [1.54, 1.807) is 18.9 Å². The van der Waals surface area contributed by atoms with Crippen molar-refractivity contribution >= 4 is 23.5 Å². The van der Waals surface area contributed by atoms with Crippen molar-refractivity contribution in [1.29, 1.82) is 0 Å². The third-order valence-corrected chi connectivity index (χ3v) is 6.35. The van der Waals surface area contributed by atoms with Gasteiger partial charge in [-0.2, -0.15) is 5.10 Å². The number of nitrogens with zero attached hydrogens (tertiary/aromatic N) is 2. The fraction of sp³-hybridized carbons (Fsp3) is 0.304. The SMILES string of the molecule is CCOc1ccc([C@H]2SCC(=O)Nc3c2c(C)nn3-c2ccc(C)cc2)cc1OC. The van der Waals surface area contributed by atoms with Gasteiger partial charge in [-0.1, -0.05) is 23.8 Å². The van der Waals surface area contributed by atoms with E-state index in [1.165, 1.54) is 5.56 Å². The van der Waals surface area contributed by atoms with Crippen LogP contribution < -0.4 is 14.8 Å². The van der Waals surface area contributed by atoms with Crippen LogP contribution in [0.25, 0.3) is 5.69 Å². The van der Waals surface area contributed by atoms with Crippen LogP contribution in [0.15, 0.2) is 42.5 Å². The van der Waals surface area contributed by atoms with Gasteiger partial charge < -0.3 is 14.8 Å². The summed E-state index contributed by atoms with van der Waals surface area (Å²) in [6.07, 6.45) is 0. The molecule has 2 heterocycles. The Morgan fingerprint density at radius 1 is 1.17 bits per heavy atom. The molecule has 6 nitrogen and oxygen atoms in total. The number of aromatic nitrogens is 2. The third-order valence-electron chi connectivity index (χ3n) is 5.08. The van der Waals surface area contributed by atoms with Crippen molar-refractivity contribution in [2.45, 2.75) is 26.0 Å². The molecule has 1 aliphatic rings. The fourth-order valence-corrected chi connectivity index (χ4v) is 4.82. The lowest BCUT2D eigenvalue weighted by molar-refractivity contribution is -0.113. The van der Waals surface area contributed by atoms with E-state index in [9.17, 15) is 4.79 Å². The number of hydrogen-bond donors (Lipinski definition) is 1. The molecule has 0 saturated carbocycles. The second-order valence-electron chi connectivity index (χ2n) is 7.18. The highest BCUT2D eigenvalue weighted by Gasteiger charge is 2.31. The van der Waals surface area contributed by atoms with E-state index in [1.807, 2.05) is 67.9 Å². The molecule has 1 aliphatic heterocycles. The fourth-order valence-electron chi connectivity index (χ4n) is 3.64. The quantitative estimate of drug-likeness (QED) is 0.646. The van der Waals surface area contributed by atoms with Gasteiger partial charge in [-0.05, 0) is 50.6 Å². The summed E-state index contributed by atoms with van der Waals surface area (Å²) >= 11 is 1.59. The Balaban J connectivity index is 1.83. The number of thioether (sulfide) groups is 1. The largest absolute Gasteiger partial charge is 0.493 e. The van der Waals surface area contributed by atoms with Crippen molar-refractivity contribution in [3.05, 3.63) is 64.8 Å². The highest BCUT2D eigenvalue weighted by Crippen LogP contribution is 2.45. The summed E-state index contributed by atoms with van der Waals surface area (Å²) in [5.74, 6) is 2.45. The van der Waals surface area contributed by atoms with E-state index in [4.69, 9.17) is 14.6 Å². The van der Waals surface area contributed by atoms with E-state index in [0.717, 1.165) is 28.3 Å². The molecular weight excluding hydrogens is 398 g/mol. The van der Waals surface area contributed by atoms with Crippen LogP contribution in [0.5, 0.6) is 11.5 Å². The minimum Gasteiger partial charge on any atom is -0.493 e. The zero-order chi connectivity index (χ0) is 21.3. The number of fused-ring (bicyclic) bond motifs is 1. The molecular formula is C23H25N3O3S. The van der Waals surface area contributed by atoms with Crippen molar-refractivity contribution in [1.82, 2.24) is 9.78 Å². The van der Waals surface area contributed by atoms with E-state index >= 15 is 0 Å². The molecule has 1 N–H and O–H groups in total. The predicted molar refractivity (Wildman–Crippen MR) is 120 cm³/mol. The Hall–Kier alpha value is -2.93. The summed E-state index contributed by atoms with van der Waals surface area (Å²) in [5, 5.41) is 7.78. The van der Waals surface area contributed by atoms with Gasteiger partial charge in [0.25, 0.3) is 0 Å². The molecule has 0 unspecified atom stereocenters. The molecule has 1 atom stereocenters. The molecule has 2 aromatic carbocycles. The summed E-state index contributed by atoms with van der Waals surface area (Å²) in [5.41, 5.74) is 5.04. The molecule has 0 bridgehead atoms. The summed E-state index contributed by atoms with van der Waals surface area (Å²) in [6.45, 7) is 6.55. The number of aryl methyl sites for hydroxylation is 2. The molecule has 156 valence electrons. The van der Waals surface area contributed by atoms with Crippen LogP contribution in [-0.4, -0.2) is 35.2 Å². The normalized spacial score (nSPS) is 15.9. The maximum Gasteiger partial charge on any atom is 0.235 e. The van der Waals surface area contributed by atoms with Crippen LogP contribution in [0.3, 0.4) is 0 Å². The Morgan fingerprint density at radius 2 is 1.93 bits per heavy atom. The Morgan fingerprint density at radius 3 is 2.63 bits per heavy atom. The Kier molecular flexibility index (Phi) is 5.72. The van der Waals surface area contributed by atoms with Gasteiger partial charge in [0.1, 0.15) is 5.82 Å². The topological polar surface area (TPSA) is 65.4 Å². The number of anilines is 1. The van der Waals surface area contributed by atoms with E-state index in [-0.39, 0.29) is 11.2 Å². The van der Waals surface area contributed by atoms with Crippen LogP contribution in [0.1, 0.15) is 34.6 Å². The lowest BCUT2D eigenvalue weighted by Crippen LogP contribution is -2.15. The molecule has 0 saturated heterocycles. The molecule has 0 fully saturated rings. The minimum atomic E-state index is -0.0530. The van der Waals surface area contributed by atoms with Gasteiger partial charge in [-0.3, -0.25) is 4.79 Å². The van der Waals surface area contributed by atoms with E-state index in [2.05, 4.69) is 5.32 Å². The molecule has 30 heavy (non-hydrogen) atoms. The van der Waals surface area contributed by atoms with Crippen molar-refractivity contribution in [3.8, 4) is 17.2 Å². The average molecular weight is 424 g/mol. The van der Waals surface area contributed by atoms with Crippen molar-refractivity contribution in [3.63, 3.8) is 0 Å². The first-order chi connectivity index (χ1) is 14.5. The maximum atomic E-state index is 12.5.